The van der Waals surface area contributed by atoms with Gasteiger partial charge < -0.3 is 4.74 Å². The van der Waals surface area contributed by atoms with Gasteiger partial charge in [-0.15, -0.1) is 0 Å². The highest BCUT2D eigenvalue weighted by Crippen LogP contribution is 2.35. The van der Waals surface area contributed by atoms with Crippen molar-refractivity contribution in [1.82, 2.24) is 0 Å². The highest BCUT2D eigenvalue weighted by Gasteiger charge is 2.36. The molecular weight excluding hydrogens is 399 g/mol. The Morgan fingerprint density at radius 1 is 0.867 bits per heavy atom. The maximum Gasteiger partial charge on any atom is 0.426 e. The van der Waals surface area contributed by atoms with Gasteiger partial charge >= 0.3 is 6.11 Å². The predicted octanol–water partition coefficient (Wildman–Crippen LogP) is 7.77. The van der Waals surface area contributed by atoms with E-state index in [9.17, 15) is 22.0 Å². The summed E-state index contributed by atoms with van der Waals surface area (Å²) in [5.74, 6) is -3.72. The van der Waals surface area contributed by atoms with E-state index < -0.39 is 29.1 Å². The van der Waals surface area contributed by atoms with Crippen LogP contribution in [0.4, 0.5) is 22.0 Å². The third-order valence-corrected chi connectivity index (χ3v) is 5.99. The van der Waals surface area contributed by atoms with Gasteiger partial charge in [-0.1, -0.05) is 57.6 Å². The maximum absolute atomic E-state index is 14.2. The van der Waals surface area contributed by atoms with E-state index in [1.54, 1.807) is 12.1 Å². The summed E-state index contributed by atoms with van der Waals surface area (Å²) in [7, 11) is 0. The Balaban J connectivity index is 1.54. The van der Waals surface area contributed by atoms with E-state index in [1.165, 1.54) is 50.7 Å². The molecule has 2 aromatic rings. The Morgan fingerprint density at radius 2 is 1.40 bits per heavy atom. The smallest absolute Gasteiger partial charge is 0.426 e. The van der Waals surface area contributed by atoms with Crippen molar-refractivity contribution in [3.05, 3.63) is 65.0 Å². The SMILES string of the molecule is CCCC1CCC(CCc2ccc(OC(F)(F)c3cc(F)c(F)c(F)c3)cc2)CC1. The third-order valence-electron chi connectivity index (χ3n) is 5.99. The minimum atomic E-state index is -3.99. The molecule has 3 rings (SSSR count). The third kappa shape index (κ3) is 5.73. The van der Waals surface area contributed by atoms with Gasteiger partial charge in [0.05, 0.1) is 5.56 Å². The Labute approximate surface area is 174 Å². The first-order chi connectivity index (χ1) is 14.3. The number of benzene rings is 2. The molecule has 2 aromatic carbocycles. The average molecular weight is 426 g/mol. The highest BCUT2D eigenvalue weighted by atomic mass is 19.3. The van der Waals surface area contributed by atoms with E-state index in [4.69, 9.17) is 0 Å². The summed E-state index contributed by atoms with van der Waals surface area (Å²) in [5, 5.41) is 0. The Hall–Kier alpha value is -2.11. The van der Waals surface area contributed by atoms with Crippen molar-refractivity contribution in [2.75, 3.05) is 0 Å². The number of aryl methyl sites for hydroxylation is 1. The van der Waals surface area contributed by atoms with Gasteiger partial charge in [0, 0.05) is 0 Å². The topological polar surface area (TPSA) is 9.23 Å². The normalized spacial score (nSPS) is 19.7. The van der Waals surface area contributed by atoms with E-state index >= 15 is 0 Å². The lowest BCUT2D eigenvalue weighted by molar-refractivity contribution is -0.185. The van der Waals surface area contributed by atoms with Gasteiger partial charge in [0.25, 0.3) is 0 Å². The summed E-state index contributed by atoms with van der Waals surface area (Å²) < 4.78 is 72.6. The largest absolute Gasteiger partial charge is 0.429 e. The molecule has 0 N–H and O–H groups in total. The number of rotatable bonds is 8. The highest BCUT2D eigenvalue weighted by molar-refractivity contribution is 5.29. The zero-order valence-electron chi connectivity index (χ0n) is 17.1. The van der Waals surface area contributed by atoms with Crippen LogP contribution in [0.2, 0.25) is 0 Å². The second-order valence-corrected chi connectivity index (χ2v) is 8.23. The molecule has 0 amide bonds. The van der Waals surface area contributed by atoms with Gasteiger partial charge in [-0.05, 0) is 54.5 Å². The van der Waals surface area contributed by atoms with Crippen LogP contribution in [0.25, 0.3) is 0 Å². The van der Waals surface area contributed by atoms with Gasteiger partial charge in [0.1, 0.15) is 5.75 Å². The summed E-state index contributed by atoms with van der Waals surface area (Å²) >= 11 is 0. The van der Waals surface area contributed by atoms with E-state index in [2.05, 4.69) is 11.7 Å². The van der Waals surface area contributed by atoms with Crippen molar-refractivity contribution in [2.45, 2.75) is 64.4 Å². The van der Waals surface area contributed by atoms with Gasteiger partial charge in [0.15, 0.2) is 17.5 Å². The monoisotopic (exact) mass is 426 g/mol. The van der Waals surface area contributed by atoms with Crippen LogP contribution in [0.3, 0.4) is 0 Å². The second kappa shape index (κ2) is 9.80. The van der Waals surface area contributed by atoms with Gasteiger partial charge in [-0.3, -0.25) is 0 Å². The summed E-state index contributed by atoms with van der Waals surface area (Å²) in [6, 6.07) is 6.75. The van der Waals surface area contributed by atoms with Crippen LogP contribution in [0.1, 0.15) is 63.0 Å². The molecule has 0 aliphatic heterocycles. The standard InChI is InChI=1S/C24H27F5O/c1-2-3-16-4-6-17(7-5-16)8-9-18-10-12-20(13-11-18)30-24(28,29)19-14-21(25)23(27)22(26)15-19/h10-17H,2-9H2,1H3. The van der Waals surface area contributed by atoms with Crippen molar-refractivity contribution < 1.29 is 26.7 Å². The van der Waals surface area contributed by atoms with E-state index in [0.29, 0.717) is 5.92 Å². The number of ether oxygens (including phenoxy) is 1. The predicted molar refractivity (Wildman–Crippen MR) is 106 cm³/mol. The molecule has 0 aromatic heterocycles. The molecule has 1 aliphatic carbocycles. The molecule has 0 radical (unpaired) electrons. The average Bonchev–Trinajstić information content (AvgIpc) is 2.72. The molecule has 30 heavy (non-hydrogen) atoms. The van der Waals surface area contributed by atoms with Crippen molar-refractivity contribution in [2.24, 2.45) is 11.8 Å². The quantitative estimate of drug-likeness (QED) is 0.309. The minimum Gasteiger partial charge on any atom is -0.429 e. The Bertz CT molecular complexity index is 803. The summed E-state index contributed by atoms with van der Waals surface area (Å²) in [4.78, 5) is 0. The van der Waals surface area contributed by atoms with Crippen molar-refractivity contribution in [3.8, 4) is 5.75 Å². The van der Waals surface area contributed by atoms with Crippen LogP contribution >= 0.6 is 0 Å². The lowest BCUT2D eigenvalue weighted by Gasteiger charge is -2.28. The number of alkyl halides is 2. The summed E-state index contributed by atoms with van der Waals surface area (Å²) in [5.41, 5.74) is -0.0538. The number of hydrogen-bond acceptors (Lipinski definition) is 1. The fraction of sp³-hybridized carbons (Fsp3) is 0.500. The van der Waals surface area contributed by atoms with E-state index in [-0.39, 0.29) is 17.9 Å². The Morgan fingerprint density at radius 3 is 1.93 bits per heavy atom. The van der Waals surface area contributed by atoms with Crippen LogP contribution in [0.15, 0.2) is 36.4 Å². The first-order valence-electron chi connectivity index (χ1n) is 10.6. The fourth-order valence-corrected chi connectivity index (χ4v) is 4.24. The lowest BCUT2D eigenvalue weighted by Crippen LogP contribution is -2.22. The zero-order valence-corrected chi connectivity index (χ0v) is 17.1. The fourth-order valence-electron chi connectivity index (χ4n) is 4.24. The molecule has 1 aliphatic rings. The van der Waals surface area contributed by atoms with E-state index in [0.717, 1.165) is 24.3 Å². The molecule has 1 fully saturated rings. The molecule has 1 nitrogen and oxygen atoms in total. The molecule has 0 unspecified atom stereocenters. The number of hydrogen-bond donors (Lipinski definition) is 0. The van der Waals surface area contributed by atoms with Gasteiger partial charge in [0.2, 0.25) is 0 Å². The zero-order chi connectivity index (χ0) is 21.7. The summed E-state index contributed by atoms with van der Waals surface area (Å²) in [6.07, 6.45) is 5.61. The van der Waals surface area contributed by atoms with Crippen LogP contribution < -0.4 is 4.74 Å². The van der Waals surface area contributed by atoms with Crippen molar-refractivity contribution >= 4 is 0 Å². The molecular formula is C24H27F5O. The Kier molecular flexibility index (Phi) is 7.37. The molecule has 0 saturated heterocycles. The van der Waals surface area contributed by atoms with Crippen LogP contribution in [0.5, 0.6) is 5.75 Å². The van der Waals surface area contributed by atoms with E-state index in [1.807, 2.05) is 0 Å². The van der Waals surface area contributed by atoms with Gasteiger partial charge in [-0.25, -0.2) is 13.2 Å². The maximum atomic E-state index is 14.2. The van der Waals surface area contributed by atoms with Crippen molar-refractivity contribution in [1.29, 1.82) is 0 Å². The van der Waals surface area contributed by atoms with Gasteiger partial charge in [-0.2, -0.15) is 8.78 Å². The molecule has 0 atom stereocenters. The summed E-state index contributed by atoms with van der Waals surface area (Å²) in [6.45, 7) is 2.23. The van der Waals surface area contributed by atoms with Crippen LogP contribution in [-0.4, -0.2) is 0 Å². The first kappa shape index (κ1) is 22.6. The number of halogens is 5. The second-order valence-electron chi connectivity index (χ2n) is 8.23. The molecule has 0 bridgehead atoms. The van der Waals surface area contributed by atoms with Crippen LogP contribution in [0, 0.1) is 29.3 Å². The molecule has 0 spiro atoms. The first-order valence-corrected chi connectivity index (χ1v) is 10.6. The van der Waals surface area contributed by atoms with Crippen LogP contribution in [-0.2, 0) is 12.5 Å². The molecule has 0 heterocycles. The molecule has 1 saturated carbocycles. The minimum absolute atomic E-state index is 0.131. The molecule has 6 heteroatoms. The lowest BCUT2D eigenvalue weighted by atomic mass is 9.78. The molecule has 164 valence electrons. The van der Waals surface area contributed by atoms with Crippen molar-refractivity contribution in [3.63, 3.8) is 0 Å².